The van der Waals surface area contributed by atoms with Gasteiger partial charge in [-0.25, -0.2) is 4.79 Å². The van der Waals surface area contributed by atoms with Crippen molar-refractivity contribution in [2.24, 2.45) is 0 Å². The molecule has 1 aliphatic heterocycles. The second-order valence-corrected chi connectivity index (χ2v) is 1.97. The second kappa shape index (κ2) is 2.05. The van der Waals surface area contributed by atoms with E-state index in [0.717, 1.165) is 4.90 Å². The van der Waals surface area contributed by atoms with Gasteiger partial charge in [0.05, 0.1) is 6.04 Å². The van der Waals surface area contributed by atoms with Gasteiger partial charge in [-0.3, -0.25) is 4.90 Å². The molecule has 4 nitrogen and oxygen atoms in total. The van der Waals surface area contributed by atoms with E-state index in [4.69, 9.17) is 5.11 Å². The Kier molecular flexibility index (Phi) is 1.38. The molecule has 1 aliphatic rings. The van der Waals surface area contributed by atoms with Crippen molar-refractivity contribution in [2.45, 2.75) is 12.5 Å². The minimum Gasteiger partial charge on any atom is -0.465 e. The summed E-state index contributed by atoms with van der Waals surface area (Å²) < 4.78 is 0. The Morgan fingerprint density at radius 3 is 2.56 bits per heavy atom. The number of carboxylic acid groups (broad SMARTS) is 1. The van der Waals surface area contributed by atoms with E-state index in [1.807, 2.05) is 0 Å². The first kappa shape index (κ1) is 6.07. The van der Waals surface area contributed by atoms with E-state index in [0.29, 0.717) is 19.3 Å². The van der Waals surface area contributed by atoms with E-state index >= 15 is 0 Å². The molecule has 9 heavy (non-hydrogen) atoms. The Morgan fingerprint density at radius 1 is 1.78 bits per heavy atom. The van der Waals surface area contributed by atoms with E-state index in [1.165, 1.54) is 0 Å². The first-order chi connectivity index (χ1) is 4.25. The predicted molar refractivity (Wildman–Crippen MR) is 29.2 cm³/mol. The Bertz CT molecular complexity index is 145. The van der Waals surface area contributed by atoms with Crippen LogP contribution >= 0.6 is 0 Å². The Labute approximate surface area is 52.1 Å². The molecule has 0 unspecified atom stereocenters. The third-order valence-corrected chi connectivity index (χ3v) is 1.47. The van der Waals surface area contributed by atoms with Crippen LogP contribution in [0.1, 0.15) is 6.42 Å². The number of carbonyl (C=O) groups excluding carboxylic acids is 1. The van der Waals surface area contributed by atoms with Crippen LogP contribution in [0, 0.1) is 0 Å². The molecule has 4 heteroatoms. The van der Waals surface area contributed by atoms with Crippen LogP contribution in [0.25, 0.3) is 0 Å². The molecule has 0 radical (unpaired) electrons. The van der Waals surface area contributed by atoms with Gasteiger partial charge in [0.25, 0.3) is 0 Å². The highest BCUT2D eigenvalue weighted by atomic mass is 16.4. The molecule has 1 amide bonds. The summed E-state index contributed by atoms with van der Waals surface area (Å²) in [6.45, 7) is 0.499. The number of amides is 1. The van der Waals surface area contributed by atoms with Gasteiger partial charge in [0.15, 0.2) is 0 Å². The SMILES string of the molecule is O=C[C@@H]1CCN1C(=O)O. The molecule has 1 N–H and O–H groups in total. The largest absolute Gasteiger partial charge is 0.465 e. The zero-order valence-electron chi connectivity index (χ0n) is 4.78. The maximum absolute atomic E-state index is 10.1. The average Bonchev–Trinajstić information content (AvgIpc) is 1.61. The first-order valence-electron chi connectivity index (χ1n) is 2.70. The highest BCUT2D eigenvalue weighted by Gasteiger charge is 2.31. The Hall–Kier alpha value is -1.06. The topological polar surface area (TPSA) is 57.6 Å². The molecule has 0 bridgehead atoms. The van der Waals surface area contributed by atoms with Crippen LogP contribution < -0.4 is 0 Å². The van der Waals surface area contributed by atoms with Gasteiger partial charge < -0.3 is 9.90 Å². The van der Waals surface area contributed by atoms with E-state index in [1.54, 1.807) is 0 Å². The van der Waals surface area contributed by atoms with Crippen LogP contribution in [-0.2, 0) is 4.79 Å². The van der Waals surface area contributed by atoms with Crippen LogP contribution in [0.15, 0.2) is 0 Å². The maximum Gasteiger partial charge on any atom is 0.407 e. The fraction of sp³-hybridized carbons (Fsp3) is 0.600. The number of likely N-dealkylation sites (tertiary alicyclic amines) is 1. The summed E-state index contributed by atoms with van der Waals surface area (Å²) >= 11 is 0. The molecule has 0 spiro atoms. The third kappa shape index (κ3) is 0.872. The lowest BCUT2D eigenvalue weighted by atomic mass is 10.1. The van der Waals surface area contributed by atoms with E-state index < -0.39 is 6.09 Å². The van der Waals surface area contributed by atoms with Crippen molar-refractivity contribution in [1.29, 1.82) is 0 Å². The van der Waals surface area contributed by atoms with Gasteiger partial charge in [-0.1, -0.05) is 0 Å². The lowest BCUT2D eigenvalue weighted by Gasteiger charge is -2.34. The summed E-state index contributed by atoms with van der Waals surface area (Å²) in [6.07, 6.45) is 0.339. The third-order valence-electron chi connectivity index (χ3n) is 1.47. The molecule has 1 heterocycles. The van der Waals surface area contributed by atoms with Crippen molar-refractivity contribution in [1.82, 2.24) is 4.90 Å². The average molecular weight is 129 g/mol. The number of rotatable bonds is 1. The molecule has 1 atom stereocenters. The van der Waals surface area contributed by atoms with Crippen LogP contribution in [0.5, 0.6) is 0 Å². The van der Waals surface area contributed by atoms with Gasteiger partial charge in [0.1, 0.15) is 6.29 Å². The summed E-state index contributed by atoms with van der Waals surface area (Å²) in [6, 6.07) is -0.373. The van der Waals surface area contributed by atoms with E-state index in [-0.39, 0.29) is 6.04 Å². The molecular formula is C5H7NO3. The molecule has 50 valence electrons. The number of hydrogen-bond donors (Lipinski definition) is 1. The smallest absolute Gasteiger partial charge is 0.407 e. The molecule has 0 aromatic carbocycles. The second-order valence-electron chi connectivity index (χ2n) is 1.97. The molecule has 0 aromatic heterocycles. The van der Waals surface area contributed by atoms with Crippen LogP contribution in [0.3, 0.4) is 0 Å². The molecular weight excluding hydrogens is 122 g/mol. The lowest BCUT2D eigenvalue weighted by Crippen LogP contribution is -2.51. The summed E-state index contributed by atoms with van der Waals surface area (Å²) in [4.78, 5) is 21.2. The van der Waals surface area contributed by atoms with Crippen LogP contribution in [0.2, 0.25) is 0 Å². The Morgan fingerprint density at radius 2 is 2.44 bits per heavy atom. The van der Waals surface area contributed by atoms with Gasteiger partial charge >= 0.3 is 6.09 Å². The molecule has 1 rings (SSSR count). The molecule has 1 fully saturated rings. The molecule has 0 aliphatic carbocycles. The van der Waals surface area contributed by atoms with Gasteiger partial charge in [0, 0.05) is 6.54 Å². The number of nitrogens with zero attached hydrogens (tertiary/aromatic N) is 1. The number of aldehydes is 1. The van der Waals surface area contributed by atoms with Crippen molar-refractivity contribution in [2.75, 3.05) is 6.54 Å². The predicted octanol–water partition coefficient (Wildman–Crippen LogP) is -0.0624. The number of carbonyl (C=O) groups is 2. The van der Waals surface area contributed by atoms with E-state index in [2.05, 4.69) is 0 Å². The maximum atomic E-state index is 10.1. The highest BCUT2D eigenvalue weighted by molar-refractivity contribution is 5.73. The quantitative estimate of drug-likeness (QED) is 0.504. The number of hydrogen-bond acceptors (Lipinski definition) is 2. The van der Waals surface area contributed by atoms with Crippen molar-refractivity contribution in [3.05, 3.63) is 0 Å². The van der Waals surface area contributed by atoms with Gasteiger partial charge in [-0.05, 0) is 6.42 Å². The van der Waals surface area contributed by atoms with Gasteiger partial charge in [-0.15, -0.1) is 0 Å². The van der Waals surface area contributed by atoms with Crippen molar-refractivity contribution < 1.29 is 14.7 Å². The minimum atomic E-state index is -1.00. The zero-order chi connectivity index (χ0) is 6.85. The molecule has 0 aromatic rings. The monoisotopic (exact) mass is 129 g/mol. The molecule has 1 saturated heterocycles. The Balaban J connectivity index is 2.44. The normalized spacial score (nSPS) is 24.9. The fourth-order valence-corrected chi connectivity index (χ4v) is 0.786. The fourth-order valence-electron chi connectivity index (χ4n) is 0.786. The van der Waals surface area contributed by atoms with Gasteiger partial charge in [0.2, 0.25) is 0 Å². The lowest BCUT2D eigenvalue weighted by molar-refractivity contribution is -0.115. The van der Waals surface area contributed by atoms with Crippen LogP contribution in [0.4, 0.5) is 4.79 Å². The summed E-state index contributed by atoms with van der Waals surface area (Å²) in [5.41, 5.74) is 0. The van der Waals surface area contributed by atoms with Crippen LogP contribution in [-0.4, -0.2) is 35.0 Å². The van der Waals surface area contributed by atoms with Crippen molar-refractivity contribution >= 4 is 12.4 Å². The summed E-state index contributed by atoms with van der Waals surface area (Å²) in [5.74, 6) is 0. The standard InChI is InChI=1S/C5H7NO3/c7-3-4-1-2-6(4)5(8)9/h3-4H,1-2H2,(H,8,9)/t4-/m0/s1. The van der Waals surface area contributed by atoms with E-state index in [9.17, 15) is 9.59 Å². The van der Waals surface area contributed by atoms with Crippen molar-refractivity contribution in [3.63, 3.8) is 0 Å². The minimum absolute atomic E-state index is 0.373. The zero-order valence-corrected chi connectivity index (χ0v) is 4.78. The summed E-state index contributed by atoms with van der Waals surface area (Å²) in [7, 11) is 0. The first-order valence-corrected chi connectivity index (χ1v) is 2.70. The van der Waals surface area contributed by atoms with Gasteiger partial charge in [-0.2, -0.15) is 0 Å². The summed E-state index contributed by atoms with van der Waals surface area (Å²) in [5, 5.41) is 8.30. The molecule has 0 saturated carbocycles. The van der Waals surface area contributed by atoms with Crippen molar-refractivity contribution in [3.8, 4) is 0 Å². The highest BCUT2D eigenvalue weighted by Crippen LogP contribution is 2.13.